The molecule has 0 spiro atoms. The lowest BCUT2D eigenvalue weighted by Crippen LogP contribution is -2.59. The molecule has 2 aliphatic rings. The monoisotopic (exact) mass is 224 g/mol. The van der Waals surface area contributed by atoms with Gasteiger partial charge >= 0.3 is 0 Å². The molecule has 2 heterocycles. The summed E-state index contributed by atoms with van der Waals surface area (Å²) >= 11 is 0. The van der Waals surface area contributed by atoms with Crippen molar-refractivity contribution in [1.82, 2.24) is 10.2 Å². The van der Waals surface area contributed by atoms with Crippen LogP contribution >= 0.6 is 0 Å². The molecule has 90 valence electrons. The fourth-order valence-corrected chi connectivity index (χ4v) is 2.78. The second-order valence-electron chi connectivity index (χ2n) is 5.38. The van der Waals surface area contributed by atoms with Crippen LogP contribution in [0.3, 0.4) is 0 Å². The van der Waals surface area contributed by atoms with E-state index in [4.69, 9.17) is 0 Å². The second-order valence-corrected chi connectivity index (χ2v) is 5.38. The lowest BCUT2D eigenvalue weighted by Gasteiger charge is -2.45. The van der Waals surface area contributed by atoms with E-state index in [1.165, 1.54) is 0 Å². The third-order valence-electron chi connectivity index (χ3n) is 3.77. The smallest absolute Gasteiger partial charge is 0.229 e. The number of nitrogens with zero attached hydrogens (tertiary/aromatic N) is 1. The van der Waals surface area contributed by atoms with E-state index >= 15 is 0 Å². The van der Waals surface area contributed by atoms with Crippen molar-refractivity contribution in [3.05, 3.63) is 0 Å². The van der Waals surface area contributed by atoms with Crippen LogP contribution < -0.4 is 5.32 Å². The van der Waals surface area contributed by atoms with E-state index in [-0.39, 0.29) is 23.3 Å². The highest BCUT2D eigenvalue weighted by Crippen LogP contribution is 2.31. The third kappa shape index (κ3) is 1.98. The number of likely N-dealkylation sites (tertiary alicyclic amines) is 1. The molecule has 4 heteroatoms. The molecule has 16 heavy (non-hydrogen) atoms. The molecule has 2 saturated heterocycles. The van der Waals surface area contributed by atoms with Gasteiger partial charge in [0.15, 0.2) is 0 Å². The van der Waals surface area contributed by atoms with E-state index in [1.807, 2.05) is 13.8 Å². The van der Waals surface area contributed by atoms with Gasteiger partial charge in [-0.15, -0.1) is 0 Å². The summed E-state index contributed by atoms with van der Waals surface area (Å²) in [7, 11) is 0. The van der Waals surface area contributed by atoms with Crippen LogP contribution in [0.1, 0.15) is 39.5 Å². The molecule has 2 fully saturated rings. The normalized spacial score (nSPS) is 27.2. The molecule has 0 atom stereocenters. The van der Waals surface area contributed by atoms with Crippen molar-refractivity contribution in [3.8, 4) is 0 Å². The molecule has 0 saturated carbocycles. The first-order valence-electron chi connectivity index (χ1n) is 6.09. The van der Waals surface area contributed by atoms with Gasteiger partial charge in [-0.3, -0.25) is 14.5 Å². The first-order chi connectivity index (χ1) is 7.53. The fourth-order valence-electron chi connectivity index (χ4n) is 2.78. The molecule has 0 aromatic carbocycles. The zero-order chi connectivity index (χ0) is 11.8. The molecule has 2 amide bonds. The Balaban J connectivity index is 2.18. The van der Waals surface area contributed by atoms with Crippen LogP contribution in [0.2, 0.25) is 0 Å². The summed E-state index contributed by atoms with van der Waals surface area (Å²) in [5.41, 5.74) is -0.250. The average molecular weight is 224 g/mol. The number of rotatable bonds is 1. The van der Waals surface area contributed by atoms with E-state index in [9.17, 15) is 9.59 Å². The van der Waals surface area contributed by atoms with E-state index in [2.05, 4.69) is 5.32 Å². The molecule has 0 unspecified atom stereocenters. The number of imide groups is 1. The Morgan fingerprint density at radius 3 is 2.19 bits per heavy atom. The molecular weight excluding hydrogens is 204 g/mol. The van der Waals surface area contributed by atoms with Crippen molar-refractivity contribution >= 4 is 11.8 Å². The summed E-state index contributed by atoms with van der Waals surface area (Å²) in [5, 5.41) is 3.27. The Hall–Kier alpha value is -0.900. The Morgan fingerprint density at radius 2 is 1.69 bits per heavy atom. The van der Waals surface area contributed by atoms with Crippen molar-refractivity contribution in [1.29, 1.82) is 0 Å². The number of carbonyl (C=O) groups is 2. The summed E-state index contributed by atoms with van der Waals surface area (Å²) in [6, 6.07) is 0. The average Bonchev–Trinajstić information content (AvgIpc) is 2.16. The van der Waals surface area contributed by atoms with Crippen molar-refractivity contribution in [2.24, 2.45) is 5.92 Å². The Kier molecular flexibility index (Phi) is 3.02. The minimum absolute atomic E-state index is 0.0214. The molecule has 1 N–H and O–H groups in total. The van der Waals surface area contributed by atoms with Gasteiger partial charge in [-0.2, -0.15) is 0 Å². The lowest BCUT2D eigenvalue weighted by molar-refractivity contribution is -0.158. The number of nitrogens with one attached hydrogen (secondary N) is 1. The van der Waals surface area contributed by atoms with Gasteiger partial charge in [-0.1, -0.05) is 6.92 Å². The van der Waals surface area contributed by atoms with Crippen LogP contribution in [0.25, 0.3) is 0 Å². The number of carbonyl (C=O) groups excluding carboxylic acids is 2. The van der Waals surface area contributed by atoms with E-state index < -0.39 is 0 Å². The lowest BCUT2D eigenvalue weighted by atomic mass is 9.85. The summed E-state index contributed by atoms with van der Waals surface area (Å²) < 4.78 is 0. The summed E-state index contributed by atoms with van der Waals surface area (Å²) in [6.45, 7) is 5.80. The molecule has 0 aromatic heterocycles. The predicted molar refractivity (Wildman–Crippen MR) is 60.8 cm³/mol. The van der Waals surface area contributed by atoms with Gasteiger partial charge in [0.1, 0.15) is 0 Å². The molecule has 0 bridgehead atoms. The number of amides is 2. The van der Waals surface area contributed by atoms with Crippen LogP contribution in [0.15, 0.2) is 0 Å². The Morgan fingerprint density at radius 1 is 1.19 bits per heavy atom. The fraction of sp³-hybridized carbons (Fsp3) is 0.833. The highest BCUT2D eigenvalue weighted by molar-refractivity contribution is 5.98. The van der Waals surface area contributed by atoms with Crippen molar-refractivity contribution in [3.63, 3.8) is 0 Å². The van der Waals surface area contributed by atoms with Crippen LogP contribution in [-0.4, -0.2) is 35.3 Å². The first-order valence-corrected chi connectivity index (χ1v) is 6.09. The minimum Gasteiger partial charge on any atom is -0.317 e. The minimum atomic E-state index is -0.250. The topological polar surface area (TPSA) is 49.4 Å². The molecule has 0 aromatic rings. The molecule has 0 radical (unpaired) electrons. The predicted octanol–water partition coefficient (Wildman–Crippen LogP) is 0.914. The SMILES string of the molecule is CC1CC(=O)N(C2(C)CCNCC2)C(=O)C1. The van der Waals surface area contributed by atoms with Gasteiger partial charge in [-0.25, -0.2) is 0 Å². The molecule has 2 rings (SSSR count). The first kappa shape index (κ1) is 11.6. The van der Waals surface area contributed by atoms with Gasteiger partial charge in [0.05, 0.1) is 5.54 Å². The van der Waals surface area contributed by atoms with Gasteiger partial charge in [-0.05, 0) is 38.8 Å². The van der Waals surface area contributed by atoms with Gasteiger partial charge in [0.2, 0.25) is 11.8 Å². The quantitative estimate of drug-likeness (QED) is 0.674. The van der Waals surface area contributed by atoms with Crippen LogP contribution in [-0.2, 0) is 9.59 Å². The summed E-state index contributed by atoms with van der Waals surface area (Å²) in [6.07, 6.45) is 2.79. The molecule has 0 aliphatic carbocycles. The Labute approximate surface area is 96.4 Å². The summed E-state index contributed by atoms with van der Waals surface area (Å²) in [5.74, 6) is 0.253. The second kappa shape index (κ2) is 4.17. The van der Waals surface area contributed by atoms with Crippen LogP contribution in [0, 0.1) is 5.92 Å². The third-order valence-corrected chi connectivity index (χ3v) is 3.77. The number of piperidine rings is 2. The van der Waals surface area contributed by atoms with Crippen LogP contribution in [0.4, 0.5) is 0 Å². The van der Waals surface area contributed by atoms with Gasteiger partial charge in [0.25, 0.3) is 0 Å². The molecule has 2 aliphatic heterocycles. The van der Waals surface area contributed by atoms with E-state index in [1.54, 1.807) is 4.90 Å². The van der Waals surface area contributed by atoms with Crippen LogP contribution in [0.5, 0.6) is 0 Å². The highest BCUT2D eigenvalue weighted by Gasteiger charge is 2.43. The highest BCUT2D eigenvalue weighted by atomic mass is 16.2. The molecular formula is C12H20N2O2. The largest absolute Gasteiger partial charge is 0.317 e. The van der Waals surface area contributed by atoms with Crippen molar-refractivity contribution < 1.29 is 9.59 Å². The zero-order valence-electron chi connectivity index (χ0n) is 10.1. The maximum absolute atomic E-state index is 12.0. The molecule has 4 nitrogen and oxygen atoms in total. The summed E-state index contributed by atoms with van der Waals surface area (Å²) in [4.78, 5) is 25.6. The van der Waals surface area contributed by atoms with Crippen molar-refractivity contribution in [2.75, 3.05) is 13.1 Å². The standard InChI is InChI=1S/C12H20N2O2/c1-9-7-10(15)14(11(16)8-9)12(2)3-5-13-6-4-12/h9,13H,3-8H2,1-2H3. The van der Waals surface area contributed by atoms with Crippen molar-refractivity contribution in [2.45, 2.75) is 45.1 Å². The van der Waals surface area contributed by atoms with Gasteiger partial charge in [0, 0.05) is 12.8 Å². The maximum atomic E-state index is 12.0. The maximum Gasteiger partial charge on any atom is 0.229 e. The number of hydrogen-bond donors (Lipinski definition) is 1. The zero-order valence-corrected chi connectivity index (χ0v) is 10.1. The number of hydrogen-bond acceptors (Lipinski definition) is 3. The van der Waals surface area contributed by atoms with Gasteiger partial charge < -0.3 is 5.32 Å². The Bertz CT molecular complexity index is 290. The van der Waals surface area contributed by atoms with E-state index in [0.29, 0.717) is 12.8 Å². The van der Waals surface area contributed by atoms with E-state index in [0.717, 1.165) is 25.9 Å².